The van der Waals surface area contributed by atoms with Crippen LogP contribution in [-0.4, -0.2) is 22.8 Å². The summed E-state index contributed by atoms with van der Waals surface area (Å²) in [5.41, 5.74) is 1.53. The van der Waals surface area contributed by atoms with E-state index in [9.17, 15) is 19.7 Å². The zero-order valence-electron chi connectivity index (χ0n) is 15.6. The molecule has 0 bridgehead atoms. The molecular weight excluding hydrogens is 350 g/mol. The molecule has 7 heteroatoms. The molecule has 27 heavy (non-hydrogen) atoms. The maximum absolute atomic E-state index is 12.4. The number of hydrogen-bond acceptors (Lipinski definition) is 6. The molecule has 0 saturated carbocycles. The Kier molecular flexibility index (Phi) is 5.95. The average molecular weight is 371 g/mol. The molecule has 0 fully saturated rings. The van der Waals surface area contributed by atoms with Crippen molar-refractivity contribution in [3.63, 3.8) is 0 Å². The quantitative estimate of drug-likeness (QED) is 0.247. The third kappa shape index (κ3) is 5.37. The van der Waals surface area contributed by atoms with Crippen LogP contribution in [0.5, 0.6) is 0 Å². The molecule has 0 N–H and O–H groups in total. The number of nitrogens with zero attached hydrogens (tertiary/aromatic N) is 1. The van der Waals surface area contributed by atoms with Gasteiger partial charge in [-0.2, -0.15) is 0 Å². The number of benzene rings is 1. The molecule has 0 saturated heterocycles. The molecule has 1 aromatic heterocycles. The van der Waals surface area contributed by atoms with Crippen molar-refractivity contribution >= 4 is 23.7 Å². The summed E-state index contributed by atoms with van der Waals surface area (Å²) in [6.07, 6.45) is 1.33. The first kappa shape index (κ1) is 20.1. The molecule has 2 rings (SSSR count). The van der Waals surface area contributed by atoms with Crippen LogP contribution in [0.1, 0.15) is 49.4 Å². The van der Waals surface area contributed by atoms with E-state index in [1.54, 1.807) is 12.1 Å². The van der Waals surface area contributed by atoms with Gasteiger partial charge in [-0.3, -0.25) is 14.9 Å². The van der Waals surface area contributed by atoms with E-state index in [-0.39, 0.29) is 17.0 Å². The summed E-state index contributed by atoms with van der Waals surface area (Å²) in [5, 5.41) is 10.5. The zero-order valence-corrected chi connectivity index (χ0v) is 15.6. The van der Waals surface area contributed by atoms with E-state index >= 15 is 0 Å². The first-order chi connectivity index (χ1) is 12.6. The van der Waals surface area contributed by atoms with Crippen LogP contribution in [0.3, 0.4) is 0 Å². The Hall–Kier alpha value is -3.22. The highest BCUT2D eigenvalue weighted by molar-refractivity contribution is 6.01. The number of furan rings is 1. The van der Waals surface area contributed by atoms with Gasteiger partial charge in [0.15, 0.2) is 6.10 Å². The van der Waals surface area contributed by atoms with Gasteiger partial charge in [-0.05, 0) is 30.0 Å². The van der Waals surface area contributed by atoms with E-state index in [2.05, 4.69) is 20.8 Å². The van der Waals surface area contributed by atoms with E-state index in [0.717, 1.165) is 11.6 Å². The van der Waals surface area contributed by atoms with Crippen LogP contribution < -0.4 is 0 Å². The van der Waals surface area contributed by atoms with Gasteiger partial charge in [-0.25, -0.2) is 4.79 Å². The largest absolute Gasteiger partial charge is 0.451 e. The predicted molar refractivity (Wildman–Crippen MR) is 99.4 cm³/mol. The van der Waals surface area contributed by atoms with Crippen molar-refractivity contribution in [1.29, 1.82) is 0 Å². The van der Waals surface area contributed by atoms with Gasteiger partial charge in [0.05, 0.1) is 6.07 Å². The first-order valence-electron chi connectivity index (χ1n) is 8.35. The highest BCUT2D eigenvalue weighted by atomic mass is 16.6. The van der Waals surface area contributed by atoms with Crippen LogP contribution in [0.25, 0.3) is 6.08 Å². The summed E-state index contributed by atoms with van der Waals surface area (Å²) in [7, 11) is 0. The van der Waals surface area contributed by atoms with E-state index in [1.807, 2.05) is 12.1 Å². The fourth-order valence-electron chi connectivity index (χ4n) is 2.32. The Morgan fingerprint density at radius 3 is 2.30 bits per heavy atom. The molecule has 142 valence electrons. The zero-order chi connectivity index (χ0) is 20.2. The van der Waals surface area contributed by atoms with Gasteiger partial charge in [0.25, 0.3) is 0 Å². The highest BCUT2D eigenvalue weighted by Gasteiger charge is 2.20. The fraction of sp³-hybridized carbons (Fsp3) is 0.300. The lowest BCUT2D eigenvalue weighted by atomic mass is 9.86. The molecule has 0 radical (unpaired) electrons. The molecule has 0 unspecified atom stereocenters. The lowest BCUT2D eigenvalue weighted by Crippen LogP contribution is -2.23. The van der Waals surface area contributed by atoms with Crippen LogP contribution in [-0.2, 0) is 14.9 Å². The minimum atomic E-state index is -0.964. The van der Waals surface area contributed by atoms with Crippen LogP contribution in [0.15, 0.2) is 46.9 Å². The van der Waals surface area contributed by atoms with Gasteiger partial charge < -0.3 is 9.15 Å². The number of hydrogen-bond donors (Lipinski definition) is 0. The molecule has 1 aromatic carbocycles. The summed E-state index contributed by atoms with van der Waals surface area (Å²) in [4.78, 5) is 34.1. The lowest BCUT2D eigenvalue weighted by molar-refractivity contribution is -0.402. The fourth-order valence-corrected chi connectivity index (χ4v) is 2.32. The Balaban J connectivity index is 1.97. The van der Waals surface area contributed by atoms with E-state index in [4.69, 9.17) is 9.15 Å². The first-order valence-corrected chi connectivity index (χ1v) is 8.35. The molecule has 1 atom stereocenters. The maximum Gasteiger partial charge on any atom is 0.433 e. The third-order valence-corrected chi connectivity index (χ3v) is 3.87. The van der Waals surface area contributed by atoms with Gasteiger partial charge in [-0.15, -0.1) is 0 Å². The smallest absolute Gasteiger partial charge is 0.433 e. The van der Waals surface area contributed by atoms with Crippen LogP contribution >= 0.6 is 0 Å². The second kappa shape index (κ2) is 7.99. The molecule has 1 heterocycles. The second-order valence-electron chi connectivity index (χ2n) is 7.04. The number of Topliss-reactive ketones (excluding diaryl/α,β-unsaturated/α-hetero) is 1. The molecule has 2 aromatic rings. The van der Waals surface area contributed by atoms with Crippen molar-refractivity contribution < 1.29 is 23.7 Å². The summed E-state index contributed by atoms with van der Waals surface area (Å²) in [5.74, 6) is -1.35. The van der Waals surface area contributed by atoms with Crippen molar-refractivity contribution in [2.75, 3.05) is 0 Å². The molecule has 0 aliphatic carbocycles. The van der Waals surface area contributed by atoms with Crippen molar-refractivity contribution in [2.45, 2.75) is 39.2 Å². The summed E-state index contributed by atoms with van der Waals surface area (Å²) in [6, 6.07) is 9.72. The Morgan fingerprint density at radius 2 is 1.78 bits per heavy atom. The molecule has 0 aliphatic rings. The number of carbonyl (C=O) groups excluding carboxylic acids is 2. The standard InChI is InChI=1S/C20H21NO6/c1-13(19(23)14-5-7-15(8-6-14)20(2,3)4)26-18(22)12-10-16-9-11-17(27-16)21(24)25/h5-13H,1-4H3/b12-10+/t13-/m0/s1. The minimum Gasteiger partial charge on any atom is -0.451 e. The second-order valence-corrected chi connectivity index (χ2v) is 7.04. The molecule has 7 nitrogen and oxygen atoms in total. The van der Waals surface area contributed by atoms with Gasteiger partial charge in [0.1, 0.15) is 10.7 Å². The topological polar surface area (TPSA) is 99.7 Å². The summed E-state index contributed by atoms with van der Waals surface area (Å²) in [6.45, 7) is 7.72. The van der Waals surface area contributed by atoms with Gasteiger partial charge in [0.2, 0.25) is 5.78 Å². The average Bonchev–Trinajstić information content (AvgIpc) is 3.08. The van der Waals surface area contributed by atoms with Crippen LogP contribution in [0, 0.1) is 10.1 Å². The molecule has 0 aliphatic heterocycles. The van der Waals surface area contributed by atoms with E-state index < -0.39 is 22.9 Å². The van der Waals surface area contributed by atoms with Gasteiger partial charge in [0, 0.05) is 11.6 Å². The number of ketones is 1. The Bertz CT molecular complexity index is 871. The number of esters is 1. The SMILES string of the molecule is C[C@H](OC(=O)/C=C/c1ccc([N+](=O)[O-])o1)C(=O)c1ccc(C(C)(C)C)cc1. The summed E-state index contributed by atoms with van der Waals surface area (Å²) < 4.78 is 9.98. The van der Waals surface area contributed by atoms with Gasteiger partial charge >= 0.3 is 11.9 Å². The minimum absolute atomic E-state index is 0.0224. The van der Waals surface area contributed by atoms with Crippen molar-refractivity contribution in [1.82, 2.24) is 0 Å². The van der Waals surface area contributed by atoms with Crippen LogP contribution in [0.2, 0.25) is 0 Å². The monoisotopic (exact) mass is 371 g/mol. The highest BCUT2D eigenvalue weighted by Crippen LogP contribution is 2.22. The normalized spacial score (nSPS) is 12.7. The lowest BCUT2D eigenvalue weighted by Gasteiger charge is -2.19. The molecule has 0 amide bonds. The number of carbonyl (C=O) groups is 2. The van der Waals surface area contributed by atoms with E-state index in [0.29, 0.717) is 5.56 Å². The molecular formula is C20H21NO6. The van der Waals surface area contributed by atoms with Crippen LogP contribution in [0.4, 0.5) is 5.88 Å². The number of rotatable bonds is 6. The Morgan fingerprint density at radius 1 is 1.15 bits per heavy atom. The van der Waals surface area contributed by atoms with E-state index in [1.165, 1.54) is 25.1 Å². The van der Waals surface area contributed by atoms with Crippen molar-refractivity contribution in [2.24, 2.45) is 0 Å². The third-order valence-electron chi connectivity index (χ3n) is 3.87. The predicted octanol–water partition coefficient (Wildman–Crippen LogP) is 4.31. The number of nitro groups is 1. The molecule has 0 spiro atoms. The summed E-state index contributed by atoms with van der Waals surface area (Å²) >= 11 is 0. The van der Waals surface area contributed by atoms with Crippen molar-refractivity contribution in [3.05, 3.63) is 69.5 Å². The van der Waals surface area contributed by atoms with Gasteiger partial charge in [-0.1, -0.05) is 45.0 Å². The maximum atomic E-state index is 12.4. The Labute approximate surface area is 156 Å². The number of ether oxygens (including phenoxy) is 1. The van der Waals surface area contributed by atoms with Crippen molar-refractivity contribution in [3.8, 4) is 0 Å².